The third kappa shape index (κ3) is 0.543. The first-order chi connectivity index (χ1) is 4.77. The summed E-state index contributed by atoms with van der Waals surface area (Å²) in [7, 11) is 2.00. The Morgan fingerprint density at radius 2 is 2.40 bits per heavy atom. The topological polar surface area (TPSA) is 46.7 Å². The van der Waals surface area contributed by atoms with Gasteiger partial charge in [0.15, 0.2) is 0 Å². The molecule has 52 valence electrons. The van der Waals surface area contributed by atoms with E-state index in [0.717, 1.165) is 16.9 Å². The van der Waals surface area contributed by atoms with E-state index in [4.69, 9.17) is 5.73 Å². The highest BCUT2D eigenvalue weighted by molar-refractivity contribution is 5.80. The third-order valence-corrected chi connectivity index (χ3v) is 1.69. The molecule has 2 aromatic rings. The van der Waals surface area contributed by atoms with E-state index in [0.29, 0.717) is 0 Å². The Morgan fingerprint density at radius 1 is 1.60 bits per heavy atom. The van der Waals surface area contributed by atoms with Gasteiger partial charge in [-0.05, 0) is 6.07 Å². The maximum absolute atomic E-state index is 5.54. The number of hydrogen-bond acceptors (Lipinski definition) is 1. The summed E-state index contributed by atoms with van der Waals surface area (Å²) < 4.78 is 2.03. The lowest BCUT2D eigenvalue weighted by molar-refractivity contribution is 0.970. The predicted molar refractivity (Wildman–Crippen MR) is 41.7 cm³/mol. The van der Waals surface area contributed by atoms with Gasteiger partial charge in [0, 0.05) is 19.3 Å². The maximum atomic E-state index is 5.54. The Hall–Kier alpha value is -1.38. The molecule has 2 heterocycles. The number of rotatable bonds is 0. The minimum absolute atomic E-state index is 0.723. The highest BCUT2D eigenvalue weighted by atomic mass is 15.0. The van der Waals surface area contributed by atoms with Crippen molar-refractivity contribution in [1.82, 2.24) is 9.55 Å². The molecule has 0 unspecified atom stereocenters. The van der Waals surface area contributed by atoms with Crippen molar-refractivity contribution in [3.8, 4) is 0 Å². The number of nitrogens with zero attached hydrogens (tertiary/aromatic N) is 1. The molecule has 0 radical (unpaired) electrons. The van der Waals surface area contributed by atoms with Crippen LogP contribution in [0.1, 0.15) is 0 Å². The average molecular weight is 135 g/mol. The van der Waals surface area contributed by atoms with Crippen molar-refractivity contribution < 1.29 is 0 Å². The molecule has 0 spiro atoms. The van der Waals surface area contributed by atoms with Crippen LogP contribution in [0.5, 0.6) is 0 Å². The van der Waals surface area contributed by atoms with Crippen molar-refractivity contribution in [3.63, 3.8) is 0 Å². The van der Waals surface area contributed by atoms with E-state index in [-0.39, 0.29) is 0 Å². The Labute approximate surface area is 58.4 Å². The van der Waals surface area contributed by atoms with Crippen molar-refractivity contribution in [1.29, 1.82) is 0 Å². The highest BCUT2D eigenvalue weighted by Crippen LogP contribution is 2.15. The Morgan fingerprint density at radius 3 is 3.10 bits per heavy atom. The molecule has 0 bridgehead atoms. The molecular weight excluding hydrogens is 126 g/mol. The van der Waals surface area contributed by atoms with Crippen LogP contribution < -0.4 is 5.73 Å². The zero-order valence-corrected chi connectivity index (χ0v) is 5.76. The lowest BCUT2D eigenvalue weighted by Gasteiger charge is -1.86. The van der Waals surface area contributed by atoms with Gasteiger partial charge in [0.2, 0.25) is 0 Å². The van der Waals surface area contributed by atoms with E-state index in [2.05, 4.69) is 4.98 Å². The molecule has 10 heavy (non-hydrogen) atoms. The molecule has 0 fully saturated rings. The van der Waals surface area contributed by atoms with Crippen LogP contribution in [0.25, 0.3) is 11.0 Å². The van der Waals surface area contributed by atoms with E-state index in [9.17, 15) is 0 Å². The van der Waals surface area contributed by atoms with Gasteiger partial charge in [-0.2, -0.15) is 0 Å². The SMILES string of the molecule is Cn1ccc2[nH]c(N)cc21. The number of aromatic nitrogens is 2. The number of nitrogens with one attached hydrogen (secondary N) is 1. The summed E-state index contributed by atoms with van der Waals surface area (Å²) in [4.78, 5) is 3.04. The normalized spacial score (nSPS) is 10.9. The third-order valence-electron chi connectivity index (χ3n) is 1.69. The van der Waals surface area contributed by atoms with Crippen LogP contribution in [0.2, 0.25) is 0 Å². The molecular formula is C7H9N3. The predicted octanol–water partition coefficient (Wildman–Crippen LogP) is 1.09. The van der Waals surface area contributed by atoms with Gasteiger partial charge in [-0.1, -0.05) is 0 Å². The van der Waals surface area contributed by atoms with Gasteiger partial charge in [-0.25, -0.2) is 0 Å². The van der Waals surface area contributed by atoms with Gasteiger partial charge >= 0.3 is 0 Å². The number of aromatic amines is 1. The molecule has 3 N–H and O–H groups in total. The van der Waals surface area contributed by atoms with E-state index >= 15 is 0 Å². The number of nitrogens with two attached hydrogens (primary N) is 1. The van der Waals surface area contributed by atoms with Crippen molar-refractivity contribution in [2.75, 3.05) is 5.73 Å². The number of H-pyrrole nitrogens is 1. The average Bonchev–Trinajstić information content (AvgIpc) is 2.35. The molecule has 0 saturated carbocycles. The minimum Gasteiger partial charge on any atom is -0.385 e. The van der Waals surface area contributed by atoms with Crippen molar-refractivity contribution in [3.05, 3.63) is 18.3 Å². The molecule has 3 heteroatoms. The molecule has 0 aliphatic rings. The van der Waals surface area contributed by atoms with E-state index in [1.807, 2.05) is 29.9 Å². The van der Waals surface area contributed by atoms with Crippen molar-refractivity contribution in [2.24, 2.45) is 7.05 Å². The number of aryl methyl sites for hydroxylation is 1. The first kappa shape index (κ1) is 5.41. The minimum atomic E-state index is 0.723. The summed E-state index contributed by atoms with van der Waals surface area (Å²) in [5, 5.41) is 0. The van der Waals surface area contributed by atoms with Gasteiger partial charge in [0.25, 0.3) is 0 Å². The fourth-order valence-electron chi connectivity index (χ4n) is 1.17. The van der Waals surface area contributed by atoms with E-state index in [1.165, 1.54) is 0 Å². The Kier molecular flexibility index (Phi) is 0.845. The molecule has 0 aliphatic heterocycles. The first-order valence-electron chi connectivity index (χ1n) is 3.17. The van der Waals surface area contributed by atoms with Crippen LogP contribution in [-0.4, -0.2) is 9.55 Å². The van der Waals surface area contributed by atoms with Crippen LogP contribution >= 0.6 is 0 Å². The second kappa shape index (κ2) is 1.56. The van der Waals surface area contributed by atoms with E-state index < -0.39 is 0 Å². The molecule has 0 amide bonds. The summed E-state index contributed by atoms with van der Waals surface area (Å²) in [5.74, 6) is 0.723. The smallest absolute Gasteiger partial charge is 0.103 e. The Balaban J connectivity index is 2.90. The van der Waals surface area contributed by atoms with E-state index in [1.54, 1.807) is 0 Å². The summed E-state index contributed by atoms with van der Waals surface area (Å²) in [6.45, 7) is 0. The van der Waals surface area contributed by atoms with Gasteiger partial charge in [0.05, 0.1) is 11.0 Å². The molecule has 3 nitrogen and oxygen atoms in total. The standard InChI is InChI=1S/C7H9N3/c1-10-3-2-5-6(10)4-7(8)9-5/h2-4,9H,8H2,1H3. The molecule has 2 rings (SSSR count). The Bertz CT molecular complexity index is 356. The van der Waals surface area contributed by atoms with Crippen LogP contribution in [-0.2, 0) is 7.05 Å². The van der Waals surface area contributed by atoms with Gasteiger partial charge in [-0.15, -0.1) is 0 Å². The highest BCUT2D eigenvalue weighted by Gasteiger charge is 1.98. The largest absolute Gasteiger partial charge is 0.385 e. The maximum Gasteiger partial charge on any atom is 0.103 e. The van der Waals surface area contributed by atoms with Gasteiger partial charge in [0.1, 0.15) is 5.82 Å². The molecule has 0 aliphatic carbocycles. The summed E-state index contributed by atoms with van der Waals surface area (Å²) in [5.41, 5.74) is 7.78. The fourth-order valence-corrected chi connectivity index (χ4v) is 1.17. The monoisotopic (exact) mass is 135 g/mol. The van der Waals surface area contributed by atoms with Crippen molar-refractivity contribution >= 4 is 16.9 Å². The summed E-state index contributed by atoms with van der Waals surface area (Å²) >= 11 is 0. The van der Waals surface area contributed by atoms with Crippen LogP contribution in [0.4, 0.5) is 5.82 Å². The number of nitrogen functional groups attached to an aromatic ring is 1. The number of fused-ring (bicyclic) bond motifs is 1. The van der Waals surface area contributed by atoms with Crippen LogP contribution in [0, 0.1) is 0 Å². The number of hydrogen-bond donors (Lipinski definition) is 2. The second-order valence-corrected chi connectivity index (χ2v) is 2.45. The van der Waals surface area contributed by atoms with Crippen molar-refractivity contribution in [2.45, 2.75) is 0 Å². The van der Waals surface area contributed by atoms with Gasteiger partial charge in [-0.3, -0.25) is 0 Å². The molecule has 0 saturated heterocycles. The molecule has 0 aromatic carbocycles. The van der Waals surface area contributed by atoms with Crippen LogP contribution in [0.3, 0.4) is 0 Å². The molecule has 0 atom stereocenters. The quantitative estimate of drug-likeness (QED) is 0.558. The summed E-state index contributed by atoms with van der Waals surface area (Å²) in [6.07, 6.45) is 2.00. The lowest BCUT2D eigenvalue weighted by atomic mass is 10.5. The van der Waals surface area contributed by atoms with Gasteiger partial charge < -0.3 is 15.3 Å². The zero-order valence-electron chi connectivity index (χ0n) is 5.76. The second-order valence-electron chi connectivity index (χ2n) is 2.45. The van der Waals surface area contributed by atoms with Crippen LogP contribution in [0.15, 0.2) is 18.3 Å². The lowest BCUT2D eigenvalue weighted by Crippen LogP contribution is -1.82. The zero-order chi connectivity index (χ0) is 7.14. The first-order valence-corrected chi connectivity index (χ1v) is 3.17. The number of anilines is 1. The fraction of sp³-hybridized carbons (Fsp3) is 0.143. The molecule has 2 aromatic heterocycles. The summed E-state index contributed by atoms with van der Waals surface area (Å²) in [6, 6.07) is 3.93.